The van der Waals surface area contributed by atoms with Crippen LogP contribution in [-0.4, -0.2) is 28.9 Å². The number of aliphatic carboxylic acids is 1. The van der Waals surface area contributed by atoms with Crippen molar-refractivity contribution in [3.8, 4) is 0 Å². The van der Waals surface area contributed by atoms with E-state index < -0.39 is 24.0 Å². The number of carboxylic acids is 1. The summed E-state index contributed by atoms with van der Waals surface area (Å²) in [6.45, 7) is 2.75. The fraction of sp³-hybridized carbons (Fsp3) is 0.357. The fourth-order valence-electron chi connectivity index (χ4n) is 1.73. The highest BCUT2D eigenvalue weighted by Crippen LogP contribution is 2.16. The van der Waals surface area contributed by atoms with Gasteiger partial charge in [-0.15, -0.1) is 0 Å². The summed E-state index contributed by atoms with van der Waals surface area (Å²) in [6, 6.07) is 7.61. The first-order valence-electron chi connectivity index (χ1n) is 6.24. The van der Waals surface area contributed by atoms with Gasteiger partial charge in [-0.1, -0.05) is 30.3 Å². The normalized spacial score (nSPS) is 13.1. The summed E-state index contributed by atoms with van der Waals surface area (Å²) in [6.07, 6.45) is -0.0127. The van der Waals surface area contributed by atoms with Crippen molar-refractivity contribution in [2.75, 3.05) is 0 Å². The van der Waals surface area contributed by atoms with Crippen LogP contribution in [0.15, 0.2) is 30.3 Å². The molecule has 2 atom stereocenters. The number of carbonyl (C=O) groups excluding carboxylic acids is 2. The minimum atomic E-state index is -1.10. The van der Waals surface area contributed by atoms with Gasteiger partial charge in [-0.05, 0) is 12.5 Å². The van der Waals surface area contributed by atoms with Crippen molar-refractivity contribution in [3.05, 3.63) is 35.9 Å². The highest BCUT2D eigenvalue weighted by Gasteiger charge is 2.20. The van der Waals surface area contributed by atoms with Crippen molar-refractivity contribution in [2.45, 2.75) is 32.4 Å². The van der Waals surface area contributed by atoms with Gasteiger partial charge in [0.15, 0.2) is 0 Å². The van der Waals surface area contributed by atoms with E-state index in [4.69, 9.17) is 5.11 Å². The predicted molar refractivity (Wildman–Crippen MR) is 72.9 cm³/mol. The Bertz CT molecular complexity index is 487. The van der Waals surface area contributed by atoms with Crippen LogP contribution in [0.2, 0.25) is 0 Å². The van der Waals surface area contributed by atoms with Crippen LogP contribution in [0.4, 0.5) is 0 Å². The van der Waals surface area contributed by atoms with Crippen LogP contribution in [-0.2, 0) is 14.4 Å². The van der Waals surface area contributed by atoms with Crippen molar-refractivity contribution in [2.24, 2.45) is 0 Å². The second kappa shape index (κ2) is 7.28. The van der Waals surface area contributed by atoms with E-state index >= 15 is 0 Å². The molecule has 0 saturated carbocycles. The van der Waals surface area contributed by atoms with E-state index in [1.807, 2.05) is 18.2 Å². The number of hydrogen-bond donors (Lipinski definition) is 3. The van der Waals surface area contributed by atoms with E-state index in [1.165, 1.54) is 13.8 Å². The predicted octanol–water partition coefficient (Wildman–Crippen LogP) is 0.843. The largest absolute Gasteiger partial charge is 0.480 e. The summed E-state index contributed by atoms with van der Waals surface area (Å²) in [5.74, 6) is -1.78. The second-order valence-corrected chi connectivity index (χ2v) is 4.50. The Kier molecular flexibility index (Phi) is 5.71. The number of nitrogens with one attached hydrogen (secondary N) is 2. The summed E-state index contributed by atoms with van der Waals surface area (Å²) in [5, 5.41) is 13.8. The Labute approximate surface area is 117 Å². The van der Waals surface area contributed by atoms with Gasteiger partial charge >= 0.3 is 5.97 Å². The van der Waals surface area contributed by atoms with Gasteiger partial charge < -0.3 is 15.7 Å². The average Bonchev–Trinajstić information content (AvgIpc) is 2.38. The minimum absolute atomic E-state index is 0.0127. The molecule has 6 nitrogen and oxygen atoms in total. The van der Waals surface area contributed by atoms with E-state index in [1.54, 1.807) is 12.1 Å². The van der Waals surface area contributed by atoms with Gasteiger partial charge in [0.2, 0.25) is 11.8 Å². The molecule has 1 aromatic carbocycles. The Morgan fingerprint density at radius 3 is 2.25 bits per heavy atom. The summed E-state index contributed by atoms with van der Waals surface area (Å²) >= 11 is 0. The molecule has 0 heterocycles. The molecule has 0 spiro atoms. The smallest absolute Gasteiger partial charge is 0.325 e. The van der Waals surface area contributed by atoms with Crippen molar-refractivity contribution in [1.29, 1.82) is 0 Å². The maximum atomic E-state index is 11.8. The van der Waals surface area contributed by atoms with E-state index in [-0.39, 0.29) is 12.3 Å². The molecule has 1 unspecified atom stereocenters. The van der Waals surface area contributed by atoms with E-state index in [0.29, 0.717) is 0 Å². The molecule has 0 aliphatic heterocycles. The maximum Gasteiger partial charge on any atom is 0.325 e. The zero-order valence-electron chi connectivity index (χ0n) is 11.4. The minimum Gasteiger partial charge on any atom is -0.480 e. The number of carbonyl (C=O) groups is 3. The Morgan fingerprint density at radius 1 is 1.15 bits per heavy atom. The summed E-state index contributed by atoms with van der Waals surface area (Å²) < 4.78 is 0. The first-order valence-corrected chi connectivity index (χ1v) is 6.24. The summed E-state index contributed by atoms with van der Waals surface area (Å²) in [7, 11) is 0. The third kappa shape index (κ3) is 5.09. The van der Waals surface area contributed by atoms with E-state index in [2.05, 4.69) is 10.6 Å². The first kappa shape index (κ1) is 15.7. The Morgan fingerprint density at radius 2 is 1.75 bits per heavy atom. The topological polar surface area (TPSA) is 95.5 Å². The van der Waals surface area contributed by atoms with Crippen molar-refractivity contribution in [3.63, 3.8) is 0 Å². The molecule has 0 saturated heterocycles. The Hall–Kier alpha value is -2.37. The first-order chi connectivity index (χ1) is 9.40. The van der Waals surface area contributed by atoms with E-state index in [9.17, 15) is 14.4 Å². The van der Waals surface area contributed by atoms with E-state index in [0.717, 1.165) is 5.56 Å². The van der Waals surface area contributed by atoms with Crippen LogP contribution in [0.3, 0.4) is 0 Å². The number of hydrogen-bond acceptors (Lipinski definition) is 3. The number of amides is 2. The van der Waals surface area contributed by atoms with Crippen molar-refractivity contribution in [1.82, 2.24) is 10.6 Å². The molecule has 108 valence electrons. The molecule has 1 rings (SSSR count). The number of benzene rings is 1. The van der Waals surface area contributed by atoms with Crippen LogP contribution < -0.4 is 10.6 Å². The lowest BCUT2D eigenvalue weighted by Crippen LogP contribution is -2.40. The maximum absolute atomic E-state index is 11.8. The second-order valence-electron chi connectivity index (χ2n) is 4.50. The molecule has 3 N–H and O–H groups in total. The van der Waals surface area contributed by atoms with Gasteiger partial charge in [-0.3, -0.25) is 14.4 Å². The van der Waals surface area contributed by atoms with Gasteiger partial charge in [0, 0.05) is 6.92 Å². The van der Waals surface area contributed by atoms with Gasteiger partial charge in [0.1, 0.15) is 6.04 Å². The van der Waals surface area contributed by atoms with Crippen molar-refractivity contribution >= 4 is 17.8 Å². The molecule has 0 aromatic heterocycles. The lowest BCUT2D eigenvalue weighted by Gasteiger charge is -2.19. The Balaban J connectivity index is 2.73. The van der Waals surface area contributed by atoms with Crippen LogP contribution in [0, 0.1) is 0 Å². The summed E-state index contributed by atoms with van der Waals surface area (Å²) in [4.78, 5) is 33.7. The zero-order chi connectivity index (χ0) is 15.1. The third-order valence-electron chi connectivity index (χ3n) is 2.72. The molecular weight excluding hydrogens is 260 g/mol. The zero-order valence-corrected chi connectivity index (χ0v) is 11.4. The monoisotopic (exact) mass is 278 g/mol. The molecule has 6 heteroatoms. The molecule has 0 radical (unpaired) electrons. The lowest BCUT2D eigenvalue weighted by molar-refractivity contribution is -0.141. The number of carboxylic acid groups (broad SMARTS) is 1. The highest BCUT2D eigenvalue weighted by atomic mass is 16.4. The van der Waals surface area contributed by atoms with Gasteiger partial charge in [0.05, 0.1) is 12.5 Å². The molecule has 0 aliphatic carbocycles. The van der Waals surface area contributed by atoms with Crippen LogP contribution >= 0.6 is 0 Å². The summed E-state index contributed by atoms with van der Waals surface area (Å²) in [5.41, 5.74) is 0.792. The standard InChI is InChI=1S/C14H18N2O4/c1-9(14(19)20)15-13(18)8-12(16-10(2)17)11-6-4-3-5-7-11/h3-7,9,12H,8H2,1-2H3,(H,15,18)(H,16,17)(H,19,20)/t9-,12?/m0/s1. The van der Waals surface area contributed by atoms with Gasteiger partial charge in [-0.25, -0.2) is 0 Å². The van der Waals surface area contributed by atoms with Crippen LogP contribution in [0.25, 0.3) is 0 Å². The highest BCUT2D eigenvalue weighted by molar-refractivity contribution is 5.84. The van der Waals surface area contributed by atoms with Crippen molar-refractivity contribution < 1.29 is 19.5 Å². The molecular formula is C14H18N2O4. The quantitative estimate of drug-likeness (QED) is 0.718. The van der Waals surface area contributed by atoms with Crippen LogP contribution in [0.5, 0.6) is 0 Å². The molecule has 1 aromatic rings. The lowest BCUT2D eigenvalue weighted by atomic mass is 10.0. The molecule has 0 aliphatic rings. The molecule has 2 amide bonds. The third-order valence-corrected chi connectivity index (χ3v) is 2.72. The SMILES string of the molecule is CC(=O)NC(CC(=O)N[C@@H](C)C(=O)O)c1ccccc1. The molecule has 20 heavy (non-hydrogen) atoms. The fourth-order valence-corrected chi connectivity index (χ4v) is 1.73. The number of rotatable bonds is 6. The van der Waals surface area contributed by atoms with Gasteiger partial charge in [-0.2, -0.15) is 0 Å². The van der Waals surface area contributed by atoms with Gasteiger partial charge in [0.25, 0.3) is 0 Å². The molecule has 0 fully saturated rings. The molecule has 0 bridgehead atoms. The average molecular weight is 278 g/mol. The van der Waals surface area contributed by atoms with Crippen LogP contribution in [0.1, 0.15) is 31.9 Å².